The Kier molecular flexibility index (Phi) is 4.45. The number of nitrogens with one attached hydrogen (secondary N) is 2. The van der Waals surface area contributed by atoms with Crippen molar-refractivity contribution in [3.05, 3.63) is 74.1 Å². The van der Waals surface area contributed by atoms with E-state index in [0.717, 1.165) is 24.3 Å². The molecule has 0 bridgehead atoms. The minimum Gasteiger partial charge on any atom is -0.292 e. The van der Waals surface area contributed by atoms with Crippen molar-refractivity contribution in [1.29, 1.82) is 0 Å². The van der Waals surface area contributed by atoms with Crippen LogP contribution >= 0.6 is 0 Å². The number of hydrogen-bond acceptors (Lipinski definition) is 6. The van der Waals surface area contributed by atoms with E-state index < -0.39 is 32.9 Å². The van der Waals surface area contributed by atoms with Crippen LogP contribution in [-0.2, 0) is 0 Å². The molecule has 0 aliphatic carbocycles. The quantitative estimate of drug-likeness (QED) is 0.643. The van der Waals surface area contributed by atoms with Gasteiger partial charge in [-0.2, -0.15) is 0 Å². The number of nitro benzene ring substituents is 2. The molecule has 2 N–H and O–H groups in total. The molecule has 0 radical (unpaired) electrons. The van der Waals surface area contributed by atoms with Crippen LogP contribution in [0.2, 0.25) is 0 Å². The van der Waals surface area contributed by atoms with Gasteiger partial charge in [-0.3, -0.25) is 35.9 Å². The SMILES string of the molecule is O=C(NNc1ccc([N+](=O)[O-])cc1[N+](=O)[O-])c1ccccc1F. The highest BCUT2D eigenvalue weighted by Gasteiger charge is 2.20. The van der Waals surface area contributed by atoms with Crippen molar-refractivity contribution in [2.24, 2.45) is 0 Å². The van der Waals surface area contributed by atoms with Crippen molar-refractivity contribution in [2.45, 2.75) is 0 Å². The van der Waals surface area contributed by atoms with Crippen LogP contribution in [-0.4, -0.2) is 15.8 Å². The zero-order valence-corrected chi connectivity index (χ0v) is 11.4. The lowest BCUT2D eigenvalue weighted by molar-refractivity contribution is -0.393. The number of carbonyl (C=O) groups is 1. The zero-order chi connectivity index (χ0) is 17.0. The van der Waals surface area contributed by atoms with E-state index in [2.05, 4.69) is 10.9 Å². The van der Waals surface area contributed by atoms with Crippen LogP contribution in [0.5, 0.6) is 0 Å². The van der Waals surface area contributed by atoms with Gasteiger partial charge in [-0.05, 0) is 18.2 Å². The zero-order valence-electron chi connectivity index (χ0n) is 11.4. The second-order valence-corrected chi connectivity index (χ2v) is 4.27. The van der Waals surface area contributed by atoms with Gasteiger partial charge in [0, 0.05) is 6.07 Å². The first-order valence-electron chi connectivity index (χ1n) is 6.14. The lowest BCUT2D eigenvalue weighted by Gasteiger charge is -2.09. The number of hydrogen-bond donors (Lipinski definition) is 2. The molecular formula is C13H9FN4O5. The smallest absolute Gasteiger partial charge is 0.292 e. The van der Waals surface area contributed by atoms with Gasteiger partial charge < -0.3 is 0 Å². The van der Waals surface area contributed by atoms with E-state index in [1.807, 2.05) is 0 Å². The lowest BCUT2D eigenvalue weighted by atomic mass is 10.2. The Morgan fingerprint density at radius 2 is 1.74 bits per heavy atom. The van der Waals surface area contributed by atoms with Crippen LogP contribution in [0, 0.1) is 26.0 Å². The maximum absolute atomic E-state index is 13.4. The van der Waals surface area contributed by atoms with Gasteiger partial charge in [0.15, 0.2) is 0 Å². The molecule has 0 saturated heterocycles. The Morgan fingerprint density at radius 1 is 1.04 bits per heavy atom. The van der Waals surface area contributed by atoms with Gasteiger partial charge >= 0.3 is 5.69 Å². The Labute approximate surface area is 128 Å². The predicted molar refractivity (Wildman–Crippen MR) is 77.2 cm³/mol. The Hall–Kier alpha value is -3.56. The topological polar surface area (TPSA) is 127 Å². The first-order chi connectivity index (χ1) is 10.9. The summed E-state index contributed by atoms with van der Waals surface area (Å²) in [4.78, 5) is 31.7. The number of benzene rings is 2. The largest absolute Gasteiger partial charge is 0.300 e. The number of non-ortho nitro benzene ring substituents is 1. The van der Waals surface area contributed by atoms with Crippen molar-refractivity contribution in [3.8, 4) is 0 Å². The molecule has 2 aromatic rings. The molecule has 10 heteroatoms. The molecule has 23 heavy (non-hydrogen) atoms. The molecule has 0 heterocycles. The number of anilines is 1. The molecule has 0 aromatic heterocycles. The second kappa shape index (κ2) is 6.47. The molecular weight excluding hydrogens is 311 g/mol. The summed E-state index contributed by atoms with van der Waals surface area (Å²) >= 11 is 0. The van der Waals surface area contributed by atoms with Crippen LogP contribution in [0.1, 0.15) is 10.4 Å². The summed E-state index contributed by atoms with van der Waals surface area (Å²) in [5.74, 6) is -1.61. The van der Waals surface area contributed by atoms with E-state index in [-0.39, 0.29) is 11.3 Å². The molecule has 1 amide bonds. The van der Waals surface area contributed by atoms with Gasteiger partial charge in [0.25, 0.3) is 11.6 Å². The summed E-state index contributed by atoms with van der Waals surface area (Å²) in [5, 5.41) is 21.6. The summed E-state index contributed by atoms with van der Waals surface area (Å²) in [6.45, 7) is 0. The maximum Gasteiger partial charge on any atom is 0.300 e. The number of carbonyl (C=O) groups excluding carboxylic acids is 1. The molecule has 118 valence electrons. The molecule has 9 nitrogen and oxygen atoms in total. The molecule has 0 aliphatic rings. The Morgan fingerprint density at radius 3 is 2.35 bits per heavy atom. The molecule has 2 rings (SSSR count). The van der Waals surface area contributed by atoms with E-state index in [1.54, 1.807) is 0 Å². The summed E-state index contributed by atoms with van der Waals surface area (Å²) in [7, 11) is 0. The normalized spacial score (nSPS) is 9.96. The Bertz CT molecular complexity index is 796. The van der Waals surface area contributed by atoms with Crippen LogP contribution in [0.3, 0.4) is 0 Å². The molecule has 0 atom stereocenters. The fourth-order valence-corrected chi connectivity index (χ4v) is 1.73. The van der Waals surface area contributed by atoms with E-state index in [9.17, 15) is 29.4 Å². The molecule has 0 saturated carbocycles. The minimum absolute atomic E-state index is 0.176. The monoisotopic (exact) mass is 320 g/mol. The standard InChI is InChI=1S/C13H9FN4O5/c14-10-4-2-1-3-9(10)13(19)16-15-11-6-5-8(17(20)21)7-12(11)18(22)23/h1-7,15H,(H,16,19). The van der Waals surface area contributed by atoms with Crippen molar-refractivity contribution < 1.29 is 19.0 Å². The molecule has 0 fully saturated rings. The fourth-order valence-electron chi connectivity index (χ4n) is 1.73. The fraction of sp³-hybridized carbons (Fsp3) is 0. The summed E-state index contributed by atoms with van der Waals surface area (Å²) in [6, 6.07) is 8.02. The van der Waals surface area contributed by atoms with Crippen molar-refractivity contribution in [1.82, 2.24) is 5.43 Å². The number of hydrazine groups is 1. The third-order valence-corrected chi connectivity index (χ3v) is 2.82. The predicted octanol–water partition coefficient (Wildman–Crippen LogP) is 2.40. The lowest BCUT2D eigenvalue weighted by Crippen LogP contribution is -2.30. The second-order valence-electron chi connectivity index (χ2n) is 4.27. The van der Waals surface area contributed by atoms with Crippen LogP contribution < -0.4 is 10.9 Å². The van der Waals surface area contributed by atoms with Crippen LogP contribution in [0.15, 0.2) is 42.5 Å². The van der Waals surface area contributed by atoms with Gasteiger partial charge in [-0.15, -0.1) is 0 Å². The number of nitrogens with zero attached hydrogens (tertiary/aromatic N) is 2. The highest BCUT2D eigenvalue weighted by molar-refractivity contribution is 5.95. The van der Waals surface area contributed by atoms with Crippen LogP contribution in [0.4, 0.5) is 21.5 Å². The molecule has 0 unspecified atom stereocenters. The first kappa shape index (κ1) is 15.8. The highest BCUT2D eigenvalue weighted by atomic mass is 19.1. The van der Waals surface area contributed by atoms with Gasteiger partial charge in [-0.1, -0.05) is 12.1 Å². The van der Waals surface area contributed by atoms with Gasteiger partial charge in [0.05, 0.1) is 21.5 Å². The average molecular weight is 320 g/mol. The van der Waals surface area contributed by atoms with Gasteiger partial charge in [0.1, 0.15) is 11.5 Å². The summed E-state index contributed by atoms with van der Waals surface area (Å²) in [6.07, 6.45) is 0. The van der Waals surface area contributed by atoms with E-state index in [1.165, 1.54) is 18.2 Å². The summed E-state index contributed by atoms with van der Waals surface area (Å²) < 4.78 is 13.4. The number of halogens is 1. The average Bonchev–Trinajstić information content (AvgIpc) is 2.52. The van der Waals surface area contributed by atoms with Gasteiger partial charge in [-0.25, -0.2) is 4.39 Å². The third kappa shape index (κ3) is 3.56. The maximum atomic E-state index is 13.4. The van der Waals surface area contributed by atoms with E-state index in [0.29, 0.717) is 0 Å². The molecule has 0 spiro atoms. The van der Waals surface area contributed by atoms with Crippen molar-refractivity contribution in [2.75, 3.05) is 5.43 Å². The Balaban J connectivity index is 2.20. The van der Waals surface area contributed by atoms with Crippen molar-refractivity contribution in [3.63, 3.8) is 0 Å². The minimum atomic E-state index is -0.851. The number of nitro groups is 2. The van der Waals surface area contributed by atoms with E-state index >= 15 is 0 Å². The highest BCUT2D eigenvalue weighted by Crippen LogP contribution is 2.28. The number of rotatable bonds is 5. The number of amides is 1. The van der Waals surface area contributed by atoms with Crippen LogP contribution in [0.25, 0.3) is 0 Å². The third-order valence-electron chi connectivity index (χ3n) is 2.82. The van der Waals surface area contributed by atoms with Gasteiger partial charge in [0.2, 0.25) is 0 Å². The van der Waals surface area contributed by atoms with E-state index in [4.69, 9.17) is 0 Å². The van der Waals surface area contributed by atoms with Crippen molar-refractivity contribution >= 4 is 23.0 Å². The molecule has 0 aliphatic heterocycles. The molecule has 2 aromatic carbocycles. The summed E-state index contributed by atoms with van der Waals surface area (Å²) in [5.41, 5.74) is 2.84. The first-order valence-corrected chi connectivity index (χ1v) is 6.14.